The van der Waals surface area contributed by atoms with Crippen molar-refractivity contribution in [2.24, 2.45) is 0 Å². The lowest BCUT2D eigenvalue weighted by Gasteiger charge is -2.04. The van der Waals surface area contributed by atoms with Crippen LogP contribution >= 0.6 is 23.1 Å². The molecule has 0 spiro atoms. The summed E-state index contributed by atoms with van der Waals surface area (Å²) in [5, 5.41) is 11.6. The van der Waals surface area contributed by atoms with Gasteiger partial charge in [-0.05, 0) is 22.3 Å². The number of hydrogen-bond acceptors (Lipinski definition) is 5. The van der Waals surface area contributed by atoms with Crippen LogP contribution in [0.25, 0.3) is 11.1 Å². The third-order valence-corrected chi connectivity index (χ3v) is 6.33. The van der Waals surface area contributed by atoms with E-state index in [-0.39, 0.29) is 5.91 Å². The van der Waals surface area contributed by atoms with Crippen LogP contribution in [-0.4, -0.2) is 16.1 Å². The van der Waals surface area contributed by atoms with E-state index in [4.69, 9.17) is 0 Å². The van der Waals surface area contributed by atoms with Gasteiger partial charge in [0.2, 0.25) is 11.0 Å². The van der Waals surface area contributed by atoms with Crippen LogP contribution in [-0.2, 0) is 17.0 Å². The first kappa shape index (κ1) is 19.4. The maximum Gasteiger partial charge on any atom is 0.230 e. The van der Waals surface area contributed by atoms with Crippen molar-refractivity contribution in [1.29, 1.82) is 0 Å². The maximum absolute atomic E-state index is 12.3. The fourth-order valence-electron chi connectivity index (χ4n) is 2.83. The minimum Gasteiger partial charge on any atom is -0.300 e. The number of hydrogen-bond donors (Lipinski definition) is 1. The Morgan fingerprint density at radius 3 is 2.17 bits per heavy atom. The summed E-state index contributed by atoms with van der Waals surface area (Å²) < 4.78 is 0.844. The Morgan fingerprint density at radius 2 is 1.45 bits per heavy atom. The molecule has 4 rings (SSSR count). The van der Waals surface area contributed by atoms with Gasteiger partial charge in [0.05, 0.1) is 6.42 Å². The average molecular weight is 418 g/mol. The highest BCUT2D eigenvalue weighted by Crippen LogP contribution is 2.28. The minimum absolute atomic E-state index is 0.0896. The molecule has 0 bridgehead atoms. The number of amides is 1. The van der Waals surface area contributed by atoms with E-state index in [2.05, 4.69) is 39.8 Å². The van der Waals surface area contributed by atoms with Crippen molar-refractivity contribution in [3.63, 3.8) is 0 Å². The molecule has 1 amide bonds. The molecular formula is C23H19N3OS2. The molecule has 144 valence electrons. The first-order valence-corrected chi connectivity index (χ1v) is 11.0. The molecule has 3 aromatic carbocycles. The Hall–Kier alpha value is -2.96. The van der Waals surface area contributed by atoms with Crippen LogP contribution in [0.15, 0.2) is 89.3 Å². The zero-order chi connectivity index (χ0) is 19.9. The second-order valence-corrected chi connectivity index (χ2v) is 8.64. The quantitative estimate of drug-likeness (QED) is 0.310. The molecule has 29 heavy (non-hydrogen) atoms. The largest absolute Gasteiger partial charge is 0.300 e. The van der Waals surface area contributed by atoms with Crippen LogP contribution in [0.2, 0.25) is 0 Å². The molecule has 6 heteroatoms. The van der Waals surface area contributed by atoms with Crippen molar-refractivity contribution < 1.29 is 4.79 Å². The molecule has 1 N–H and O–H groups in total. The highest BCUT2D eigenvalue weighted by molar-refractivity contribution is 8.00. The number of carbonyl (C=O) groups excluding carboxylic acids is 1. The zero-order valence-corrected chi connectivity index (χ0v) is 17.2. The summed E-state index contributed by atoms with van der Waals surface area (Å²) in [7, 11) is 0. The molecule has 4 aromatic rings. The van der Waals surface area contributed by atoms with Crippen molar-refractivity contribution in [2.45, 2.75) is 16.5 Å². The van der Waals surface area contributed by atoms with Crippen LogP contribution < -0.4 is 5.32 Å². The van der Waals surface area contributed by atoms with Crippen molar-refractivity contribution in [1.82, 2.24) is 10.2 Å². The SMILES string of the molecule is O=C(Cc1ccc(-c2ccccc2)cc1)Nc1nnc(SCc2ccccc2)s1. The predicted octanol–water partition coefficient (Wildman–Crippen LogP) is 5.68. The van der Waals surface area contributed by atoms with E-state index in [1.54, 1.807) is 11.8 Å². The third-order valence-electron chi connectivity index (χ3n) is 4.28. The van der Waals surface area contributed by atoms with Gasteiger partial charge >= 0.3 is 0 Å². The number of rotatable bonds is 7. The van der Waals surface area contributed by atoms with Crippen LogP contribution in [0, 0.1) is 0 Å². The van der Waals surface area contributed by atoms with Crippen molar-refractivity contribution in [3.05, 3.63) is 96.1 Å². The second-order valence-electron chi connectivity index (χ2n) is 6.44. The number of anilines is 1. The Labute approximate surface area is 178 Å². The van der Waals surface area contributed by atoms with Gasteiger partial charge in [0, 0.05) is 5.75 Å². The van der Waals surface area contributed by atoms with Crippen LogP contribution in [0.3, 0.4) is 0 Å². The standard InChI is InChI=1S/C23H19N3OS2/c27-21(15-17-11-13-20(14-12-17)19-9-5-2-6-10-19)24-22-25-26-23(29-22)28-16-18-7-3-1-4-8-18/h1-14H,15-16H2,(H,24,25,27). The van der Waals surface area contributed by atoms with E-state index in [0.717, 1.165) is 26.8 Å². The molecule has 0 unspecified atom stereocenters. The first-order valence-electron chi connectivity index (χ1n) is 9.21. The van der Waals surface area contributed by atoms with Gasteiger partial charge in [-0.1, -0.05) is 108 Å². The second kappa shape index (κ2) is 9.49. The van der Waals surface area contributed by atoms with E-state index in [0.29, 0.717) is 11.6 Å². The molecule has 0 radical (unpaired) electrons. The number of nitrogens with zero attached hydrogens (tertiary/aromatic N) is 2. The van der Waals surface area contributed by atoms with Gasteiger partial charge in [0.1, 0.15) is 0 Å². The molecule has 0 saturated carbocycles. The number of thioether (sulfide) groups is 1. The van der Waals surface area contributed by atoms with Crippen LogP contribution in [0.1, 0.15) is 11.1 Å². The molecule has 0 atom stereocenters. The van der Waals surface area contributed by atoms with Crippen LogP contribution in [0.5, 0.6) is 0 Å². The predicted molar refractivity (Wildman–Crippen MR) is 120 cm³/mol. The highest BCUT2D eigenvalue weighted by atomic mass is 32.2. The summed E-state index contributed by atoms with van der Waals surface area (Å²) in [5.41, 5.74) is 4.50. The first-order chi connectivity index (χ1) is 14.3. The molecule has 0 aliphatic heterocycles. The van der Waals surface area contributed by atoms with Gasteiger partial charge in [-0.25, -0.2) is 0 Å². The van der Waals surface area contributed by atoms with Gasteiger partial charge in [0.15, 0.2) is 4.34 Å². The van der Waals surface area contributed by atoms with Crippen LogP contribution in [0.4, 0.5) is 5.13 Å². The van der Waals surface area contributed by atoms with Crippen molar-refractivity contribution in [2.75, 3.05) is 5.32 Å². The van der Waals surface area contributed by atoms with E-state index >= 15 is 0 Å². The monoisotopic (exact) mass is 417 g/mol. The van der Waals surface area contributed by atoms with E-state index in [1.165, 1.54) is 16.9 Å². The molecular weight excluding hydrogens is 398 g/mol. The lowest BCUT2D eigenvalue weighted by atomic mass is 10.0. The van der Waals surface area contributed by atoms with Gasteiger partial charge in [0.25, 0.3) is 0 Å². The van der Waals surface area contributed by atoms with E-state index in [9.17, 15) is 4.79 Å². The van der Waals surface area contributed by atoms with Crippen molar-refractivity contribution in [3.8, 4) is 11.1 Å². The van der Waals surface area contributed by atoms with Gasteiger partial charge < -0.3 is 5.32 Å². The summed E-state index contributed by atoms with van der Waals surface area (Å²) in [6.45, 7) is 0. The molecule has 1 heterocycles. The lowest BCUT2D eigenvalue weighted by molar-refractivity contribution is -0.115. The topological polar surface area (TPSA) is 54.9 Å². The lowest BCUT2D eigenvalue weighted by Crippen LogP contribution is -2.14. The molecule has 1 aromatic heterocycles. The Balaban J connectivity index is 1.30. The van der Waals surface area contributed by atoms with Gasteiger partial charge in [-0.2, -0.15) is 0 Å². The molecule has 0 aliphatic carbocycles. The van der Waals surface area contributed by atoms with E-state index < -0.39 is 0 Å². The fraction of sp³-hybridized carbons (Fsp3) is 0.0870. The summed E-state index contributed by atoms with van der Waals surface area (Å²) in [6, 6.07) is 28.5. The Kier molecular flexibility index (Phi) is 6.34. The maximum atomic E-state index is 12.3. The molecule has 0 saturated heterocycles. The molecule has 0 aliphatic rings. The normalized spacial score (nSPS) is 10.6. The summed E-state index contributed by atoms with van der Waals surface area (Å²) in [4.78, 5) is 12.3. The summed E-state index contributed by atoms with van der Waals surface area (Å²) in [5.74, 6) is 0.741. The number of aromatic nitrogens is 2. The number of benzene rings is 3. The minimum atomic E-state index is -0.0896. The molecule has 4 nitrogen and oxygen atoms in total. The summed E-state index contributed by atoms with van der Waals surface area (Å²) >= 11 is 3.02. The smallest absolute Gasteiger partial charge is 0.230 e. The molecule has 0 fully saturated rings. The summed E-state index contributed by atoms with van der Waals surface area (Å²) in [6.07, 6.45) is 0.307. The third kappa shape index (κ3) is 5.53. The number of nitrogens with one attached hydrogen (secondary N) is 1. The fourth-order valence-corrected chi connectivity index (χ4v) is 4.56. The number of carbonyl (C=O) groups is 1. The van der Waals surface area contributed by atoms with Gasteiger partial charge in [-0.15, -0.1) is 10.2 Å². The van der Waals surface area contributed by atoms with Gasteiger partial charge in [-0.3, -0.25) is 4.79 Å². The zero-order valence-electron chi connectivity index (χ0n) is 15.6. The van der Waals surface area contributed by atoms with E-state index in [1.807, 2.05) is 60.7 Å². The van der Waals surface area contributed by atoms with Crippen molar-refractivity contribution >= 4 is 34.1 Å². The Bertz CT molecular complexity index is 1060. The Morgan fingerprint density at radius 1 is 0.793 bits per heavy atom. The highest BCUT2D eigenvalue weighted by Gasteiger charge is 2.10. The average Bonchev–Trinajstić information content (AvgIpc) is 3.21.